The van der Waals surface area contributed by atoms with Crippen molar-refractivity contribution in [1.29, 1.82) is 0 Å². The van der Waals surface area contributed by atoms with E-state index < -0.39 is 23.4 Å². The van der Waals surface area contributed by atoms with Gasteiger partial charge in [0.25, 0.3) is 0 Å². The molecule has 6 heteroatoms. The molecule has 1 saturated heterocycles. The van der Waals surface area contributed by atoms with Crippen LogP contribution in [0, 0.1) is 5.92 Å². The van der Waals surface area contributed by atoms with Crippen LogP contribution in [0.4, 0.5) is 11.4 Å². The summed E-state index contributed by atoms with van der Waals surface area (Å²) < 4.78 is 0. The van der Waals surface area contributed by atoms with Gasteiger partial charge in [-0.05, 0) is 34.7 Å². The molecule has 0 bridgehead atoms. The molecule has 1 aromatic heterocycles. The summed E-state index contributed by atoms with van der Waals surface area (Å²) in [5, 5.41) is 4.92. The van der Waals surface area contributed by atoms with E-state index in [9.17, 15) is 14.4 Å². The standard InChI is InChI=1S/C31H22N2O3S/c34-28(20-10-2-1-3-11-20)26-27(29(35)24-15-8-18-37-24)33-23-14-7-4-9-19(23)16-17-25(33)31(26)21-12-5-6-13-22(21)32-30(31)36/h1-18,25-27H,(H,32,36)/t25-,26+,27-,31+/m0/s1. The fourth-order valence-electron chi connectivity index (χ4n) is 6.47. The quantitative estimate of drug-likeness (QED) is 0.369. The first-order chi connectivity index (χ1) is 18.1. The average molecular weight is 503 g/mol. The maximum absolute atomic E-state index is 14.5. The van der Waals surface area contributed by atoms with Crippen molar-refractivity contribution in [3.8, 4) is 0 Å². The highest BCUT2D eigenvalue weighted by molar-refractivity contribution is 7.12. The molecular formula is C31H22N2O3S. The van der Waals surface area contributed by atoms with Gasteiger partial charge in [-0.15, -0.1) is 11.3 Å². The van der Waals surface area contributed by atoms with Crippen molar-refractivity contribution in [2.45, 2.75) is 17.5 Å². The van der Waals surface area contributed by atoms with E-state index in [1.807, 2.05) is 95.2 Å². The Morgan fingerprint density at radius 3 is 2.41 bits per heavy atom. The zero-order valence-corrected chi connectivity index (χ0v) is 20.5. The smallest absolute Gasteiger partial charge is 0.238 e. The van der Waals surface area contributed by atoms with Gasteiger partial charge in [0.2, 0.25) is 5.91 Å². The van der Waals surface area contributed by atoms with Crippen molar-refractivity contribution in [3.63, 3.8) is 0 Å². The summed E-state index contributed by atoms with van der Waals surface area (Å²) in [5.41, 5.74) is 2.47. The number of rotatable bonds is 4. The van der Waals surface area contributed by atoms with Crippen LogP contribution in [-0.4, -0.2) is 29.6 Å². The van der Waals surface area contributed by atoms with Crippen LogP contribution in [0.5, 0.6) is 0 Å². The van der Waals surface area contributed by atoms with Gasteiger partial charge in [-0.2, -0.15) is 0 Å². The minimum absolute atomic E-state index is 0.145. The number of Topliss-reactive ketones (excluding diaryl/α,β-unsaturated/α-hetero) is 2. The van der Waals surface area contributed by atoms with Gasteiger partial charge in [0.05, 0.1) is 16.8 Å². The predicted molar refractivity (Wildman–Crippen MR) is 145 cm³/mol. The van der Waals surface area contributed by atoms with E-state index in [0.717, 1.165) is 16.8 Å². The summed E-state index contributed by atoms with van der Waals surface area (Å²) in [6, 6.07) is 26.7. The van der Waals surface area contributed by atoms with Gasteiger partial charge in [0, 0.05) is 16.9 Å². The Hall–Kier alpha value is -4.29. The molecule has 1 fully saturated rings. The van der Waals surface area contributed by atoms with E-state index in [1.165, 1.54) is 11.3 Å². The molecule has 7 rings (SSSR count). The summed E-state index contributed by atoms with van der Waals surface area (Å²) in [5.74, 6) is -1.53. The molecule has 0 saturated carbocycles. The molecule has 3 aliphatic rings. The van der Waals surface area contributed by atoms with E-state index in [2.05, 4.69) is 5.32 Å². The van der Waals surface area contributed by atoms with Gasteiger partial charge in [-0.25, -0.2) is 0 Å². The summed E-state index contributed by atoms with van der Waals surface area (Å²) in [6.07, 6.45) is 4.01. The highest BCUT2D eigenvalue weighted by Crippen LogP contribution is 2.58. The van der Waals surface area contributed by atoms with Crippen LogP contribution in [0.2, 0.25) is 0 Å². The van der Waals surface area contributed by atoms with Gasteiger partial charge in [-0.3, -0.25) is 14.4 Å². The molecule has 4 aromatic rings. The number of benzene rings is 3. The lowest BCUT2D eigenvalue weighted by Crippen LogP contribution is -2.51. The average Bonchev–Trinajstić information content (AvgIpc) is 3.65. The molecule has 37 heavy (non-hydrogen) atoms. The van der Waals surface area contributed by atoms with Crippen LogP contribution in [0.1, 0.15) is 31.2 Å². The Morgan fingerprint density at radius 2 is 1.59 bits per heavy atom. The van der Waals surface area contributed by atoms with Crippen molar-refractivity contribution in [2.24, 2.45) is 5.92 Å². The molecule has 1 spiro atoms. The van der Waals surface area contributed by atoms with E-state index >= 15 is 0 Å². The maximum Gasteiger partial charge on any atom is 0.238 e. The second kappa shape index (κ2) is 8.11. The Kier molecular flexibility index (Phi) is 4.81. The van der Waals surface area contributed by atoms with Crippen LogP contribution < -0.4 is 10.2 Å². The molecule has 3 aromatic carbocycles. The number of fused-ring (bicyclic) bond motifs is 6. The minimum atomic E-state index is -1.27. The zero-order chi connectivity index (χ0) is 25.1. The molecule has 4 atom stereocenters. The summed E-state index contributed by atoms with van der Waals surface area (Å²) >= 11 is 1.36. The molecule has 4 heterocycles. The lowest BCUT2D eigenvalue weighted by molar-refractivity contribution is -0.121. The largest absolute Gasteiger partial charge is 0.352 e. The lowest BCUT2D eigenvalue weighted by Gasteiger charge is -2.37. The third kappa shape index (κ3) is 2.93. The van der Waals surface area contributed by atoms with Gasteiger partial charge < -0.3 is 10.2 Å². The van der Waals surface area contributed by atoms with E-state index in [1.54, 1.807) is 18.2 Å². The lowest BCUT2D eigenvalue weighted by atomic mass is 9.64. The van der Waals surface area contributed by atoms with E-state index in [-0.39, 0.29) is 17.5 Å². The molecule has 0 radical (unpaired) electrons. The van der Waals surface area contributed by atoms with Gasteiger partial charge >= 0.3 is 0 Å². The van der Waals surface area contributed by atoms with Crippen molar-refractivity contribution in [3.05, 3.63) is 124 Å². The van der Waals surface area contributed by atoms with Crippen LogP contribution in [-0.2, 0) is 10.2 Å². The van der Waals surface area contributed by atoms with Crippen molar-refractivity contribution >= 4 is 46.3 Å². The van der Waals surface area contributed by atoms with Gasteiger partial charge in [0.1, 0.15) is 11.5 Å². The van der Waals surface area contributed by atoms with Crippen molar-refractivity contribution in [2.75, 3.05) is 10.2 Å². The fourth-order valence-corrected chi connectivity index (χ4v) is 7.16. The number of nitrogens with zero attached hydrogens (tertiary/aromatic N) is 1. The first kappa shape index (κ1) is 21.9. The number of carbonyl (C=O) groups excluding carboxylic acids is 3. The number of para-hydroxylation sites is 2. The topological polar surface area (TPSA) is 66.5 Å². The van der Waals surface area contributed by atoms with Crippen molar-refractivity contribution < 1.29 is 14.4 Å². The number of anilines is 2. The third-order valence-electron chi connectivity index (χ3n) is 7.92. The highest BCUT2D eigenvalue weighted by atomic mass is 32.1. The summed E-state index contributed by atoms with van der Waals surface area (Å²) in [7, 11) is 0. The third-order valence-corrected chi connectivity index (χ3v) is 8.80. The summed E-state index contributed by atoms with van der Waals surface area (Å²) in [6.45, 7) is 0. The molecule has 3 aliphatic heterocycles. The number of amides is 1. The van der Waals surface area contributed by atoms with Gasteiger partial charge in [-0.1, -0.05) is 84.9 Å². The number of hydrogen-bond donors (Lipinski definition) is 1. The molecule has 0 unspecified atom stereocenters. The first-order valence-corrected chi connectivity index (χ1v) is 13.1. The Bertz CT molecular complexity index is 1590. The first-order valence-electron chi connectivity index (χ1n) is 12.3. The maximum atomic E-state index is 14.5. The van der Waals surface area contributed by atoms with Gasteiger partial charge in [0.15, 0.2) is 11.6 Å². The SMILES string of the molecule is O=C(c1cccs1)[C@@H]1[C@H](C(=O)c2ccccc2)[C@]2(C(=O)Nc3ccccc32)[C@@H]2C=Cc3ccccc3N12. The fraction of sp³-hybridized carbons (Fsp3) is 0.129. The van der Waals surface area contributed by atoms with Crippen molar-refractivity contribution in [1.82, 2.24) is 0 Å². The number of carbonyl (C=O) groups is 3. The van der Waals surface area contributed by atoms with Crippen LogP contribution in [0.15, 0.2) is 102 Å². The van der Waals surface area contributed by atoms with Crippen LogP contribution in [0.3, 0.4) is 0 Å². The zero-order valence-electron chi connectivity index (χ0n) is 19.7. The molecular weight excluding hydrogens is 480 g/mol. The van der Waals surface area contributed by atoms with Crippen LogP contribution >= 0.6 is 11.3 Å². The van der Waals surface area contributed by atoms with Crippen LogP contribution in [0.25, 0.3) is 6.08 Å². The second-order valence-corrected chi connectivity index (χ2v) is 10.6. The number of thiophene rings is 1. The molecule has 5 nitrogen and oxygen atoms in total. The summed E-state index contributed by atoms with van der Waals surface area (Å²) in [4.78, 5) is 45.7. The molecule has 1 N–H and O–H groups in total. The number of hydrogen-bond acceptors (Lipinski definition) is 5. The second-order valence-electron chi connectivity index (χ2n) is 9.63. The van der Waals surface area contributed by atoms with E-state index in [4.69, 9.17) is 0 Å². The highest BCUT2D eigenvalue weighted by Gasteiger charge is 2.70. The Balaban J connectivity index is 1.55. The normalized spacial score (nSPS) is 24.9. The molecule has 1 amide bonds. The molecule has 0 aliphatic carbocycles. The number of nitrogens with one attached hydrogen (secondary N) is 1. The molecule has 180 valence electrons. The minimum Gasteiger partial charge on any atom is -0.352 e. The Morgan fingerprint density at radius 1 is 0.838 bits per heavy atom. The Labute approximate surface area is 218 Å². The number of ketones is 2. The van der Waals surface area contributed by atoms with E-state index in [0.29, 0.717) is 16.1 Å². The monoisotopic (exact) mass is 502 g/mol. The predicted octanol–water partition coefficient (Wildman–Crippen LogP) is 5.60.